The molecule has 4 rings (SSSR count). The van der Waals surface area contributed by atoms with E-state index in [0.717, 1.165) is 61.8 Å². The smallest absolute Gasteiger partial charge is 0.225 e. The summed E-state index contributed by atoms with van der Waals surface area (Å²) in [6.45, 7) is 5.44. The quantitative estimate of drug-likeness (QED) is 0.534. The fraction of sp³-hybridized carbons (Fsp3) is 0.455. The van der Waals surface area contributed by atoms with Crippen molar-refractivity contribution < 1.29 is 4.74 Å². The second kappa shape index (κ2) is 9.59. The standard InChI is InChI=1S/C22H30N6OS/c1-23-22-25-18-15-19(30-20(18)21(26-22)24-9-4-10-27(2)3)16-5-7-17(8-6-16)28-11-13-29-14-12-28/h5-8,15H,4,9-14H2,1-3H3,(H2,23,24,25,26). The van der Waals surface area contributed by atoms with Gasteiger partial charge in [0.15, 0.2) is 0 Å². The number of hydrogen-bond acceptors (Lipinski definition) is 8. The molecule has 160 valence electrons. The monoisotopic (exact) mass is 426 g/mol. The lowest BCUT2D eigenvalue weighted by Crippen LogP contribution is -2.36. The van der Waals surface area contributed by atoms with Gasteiger partial charge in [0.25, 0.3) is 0 Å². The van der Waals surface area contributed by atoms with E-state index in [1.807, 2.05) is 7.05 Å². The first kappa shape index (κ1) is 20.8. The number of thiophene rings is 1. The van der Waals surface area contributed by atoms with Crippen molar-refractivity contribution in [2.45, 2.75) is 6.42 Å². The molecule has 1 aliphatic rings. The minimum Gasteiger partial charge on any atom is -0.378 e. The summed E-state index contributed by atoms with van der Waals surface area (Å²) in [5, 5.41) is 6.59. The molecule has 2 N–H and O–H groups in total. The molecule has 3 heterocycles. The Balaban J connectivity index is 1.56. The molecule has 2 aromatic heterocycles. The van der Waals surface area contributed by atoms with Crippen LogP contribution in [0.3, 0.4) is 0 Å². The van der Waals surface area contributed by atoms with Gasteiger partial charge in [0.1, 0.15) is 5.82 Å². The fourth-order valence-corrected chi connectivity index (χ4v) is 4.63. The van der Waals surface area contributed by atoms with Crippen molar-refractivity contribution in [3.8, 4) is 10.4 Å². The Morgan fingerprint density at radius 3 is 2.60 bits per heavy atom. The zero-order valence-corrected chi connectivity index (χ0v) is 18.8. The Kier molecular flexibility index (Phi) is 6.66. The molecule has 0 amide bonds. The number of rotatable bonds is 8. The molecule has 0 spiro atoms. The summed E-state index contributed by atoms with van der Waals surface area (Å²) in [6, 6.07) is 11.0. The maximum absolute atomic E-state index is 5.46. The second-order valence-corrected chi connectivity index (χ2v) is 8.75. The Bertz CT molecular complexity index is 966. The fourth-order valence-electron chi connectivity index (χ4n) is 3.56. The lowest BCUT2D eigenvalue weighted by molar-refractivity contribution is 0.122. The maximum atomic E-state index is 5.46. The average Bonchev–Trinajstić information content (AvgIpc) is 3.21. The van der Waals surface area contributed by atoms with Crippen LogP contribution in [0.5, 0.6) is 0 Å². The highest BCUT2D eigenvalue weighted by molar-refractivity contribution is 7.22. The number of morpholine rings is 1. The van der Waals surface area contributed by atoms with Crippen LogP contribution in [-0.2, 0) is 4.74 Å². The van der Waals surface area contributed by atoms with Crippen molar-refractivity contribution in [1.82, 2.24) is 14.9 Å². The molecular formula is C22H30N6OS. The number of nitrogens with zero attached hydrogens (tertiary/aromatic N) is 4. The molecule has 0 bridgehead atoms. The zero-order chi connectivity index (χ0) is 20.9. The number of anilines is 3. The lowest BCUT2D eigenvalue weighted by Gasteiger charge is -2.28. The van der Waals surface area contributed by atoms with Gasteiger partial charge in [-0.25, -0.2) is 4.98 Å². The predicted octanol–water partition coefficient (Wildman–Crippen LogP) is 3.60. The van der Waals surface area contributed by atoms with E-state index < -0.39 is 0 Å². The van der Waals surface area contributed by atoms with E-state index in [-0.39, 0.29) is 0 Å². The highest BCUT2D eigenvalue weighted by Crippen LogP contribution is 2.37. The van der Waals surface area contributed by atoms with Crippen LogP contribution in [0.25, 0.3) is 20.7 Å². The first-order valence-electron chi connectivity index (χ1n) is 10.4. The first-order valence-corrected chi connectivity index (χ1v) is 11.3. The number of hydrogen-bond donors (Lipinski definition) is 2. The van der Waals surface area contributed by atoms with Crippen LogP contribution < -0.4 is 15.5 Å². The van der Waals surface area contributed by atoms with Crippen molar-refractivity contribution in [3.63, 3.8) is 0 Å². The van der Waals surface area contributed by atoms with Crippen molar-refractivity contribution >= 4 is 39.0 Å². The molecule has 1 saturated heterocycles. The molecular weight excluding hydrogens is 396 g/mol. The number of ether oxygens (including phenoxy) is 1. The summed E-state index contributed by atoms with van der Waals surface area (Å²) in [5.41, 5.74) is 3.44. The molecule has 0 unspecified atom stereocenters. The Morgan fingerprint density at radius 1 is 1.13 bits per heavy atom. The summed E-state index contributed by atoms with van der Waals surface area (Å²) < 4.78 is 6.56. The largest absolute Gasteiger partial charge is 0.378 e. The molecule has 1 aliphatic heterocycles. The van der Waals surface area contributed by atoms with Gasteiger partial charge in [-0.1, -0.05) is 12.1 Å². The van der Waals surface area contributed by atoms with E-state index in [1.54, 1.807) is 11.3 Å². The van der Waals surface area contributed by atoms with E-state index in [4.69, 9.17) is 4.74 Å². The van der Waals surface area contributed by atoms with Crippen molar-refractivity contribution in [1.29, 1.82) is 0 Å². The molecule has 3 aromatic rings. The van der Waals surface area contributed by atoms with Gasteiger partial charge < -0.3 is 25.2 Å². The summed E-state index contributed by atoms with van der Waals surface area (Å²) in [5.74, 6) is 1.55. The normalized spacial score (nSPS) is 14.5. The second-order valence-electron chi connectivity index (χ2n) is 7.70. The van der Waals surface area contributed by atoms with Gasteiger partial charge in [-0.3, -0.25) is 0 Å². The SMILES string of the molecule is CNc1nc(NCCCN(C)C)c2sc(-c3ccc(N4CCOCC4)cc3)cc2n1. The van der Waals surface area contributed by atoms with Gasteiger partial charge in [-0.05, 0) is 50.8 Å². The number of aromatic nitrogens is 2. The van der Waals surface area contributed by atoms with E-state index in [0.29, 0.717) is 5.95 Å². The predicted molar refractivity (Wildman–Crippen MR) is 127 cm³/mol. The van der Waals surface area contributed by atoms with Gasteiger partial charge in [-0.15, -0.1) is 11.3 Å². The third-order valence-electron chi connectivity index (χ3n) is 5.20. The summed E-state index contributed by atoms with van der Waals surface area (Å²) in [7, 11) is 6.05. The minimum atomic E-state index is 0.643. The van der Waals surface area contributed by atoms with Crippen molar-refractivity contribution in [2.75, 3.05) is 76.1 Å². The van der Waals surface area contributed by atoms with E-state index in [2.05, 4.69) is 74.8 Å². The van der Waals surface area contributed by atoms with Crippen LogP contribution in [0, 0.1) is 0 Å². The van der Waals surface area contributed by atoms with Crippen LogP contribution in [0.2, 0.25) is 0 Å². The molecule has 0 atom stereocenters. The van der Waals surface area contributed by atoms with Crippen LogP contribution in [0.1, 0.15) is 6.42 Å². The molecule has 7 nitrogen and oxygen atoms in total. The average molecular weight is 427 g/mol. The topological polar surface area (TPSA) is 65.6 Å². The lowest BCUT2D eigenvalue weighted by atomic mass is 10.1. The van der Waals surface area contributed by atoms with E-state index >= 15 is 0 Å². The highest BCUT2D eigenvalue weighted by atomic mass is 32.1. The van der Waals surface area contributed by atoms with Gasteiger partial charge in [0.2, 0.25) is 5.95 Å². The van der Waals surface area contributed by atoms with Crippen LogP contribution in [-0.4, -0.2) is 75.4 Å². The summed E-state index contributed by atoms with van der Waals surface area (Å²) in [6.07, 6.45) is 1.06. The molecule has 1 aromatic carbocycles. The molecule has 0 radical (unpaired) electrons. The van der Waals surface area contributed by atoms with Gasteiger partial charge in [0.05, 0.1) is 23.4 Å². The van der Waals surface area contributed by atoms with Crippen molar-refractivity contribution in [2.24, 2.45) is 0 Å². The Hall–Kier alpha value is -2.42. The molecule has 30 heavy (non-hydrogen) atoms. The van der Waals surface area contributed by atoms with Crippen molar-refractivity contribution in [3.05, 3.63) is 30.3 Å². The maximum Gasteiger partial charge on any atom is 0.225 e. The number of benzene rings is 1. The highest BCUT2D eigenvalue weighted by Gasteiger charge is 2.14. The molecule has 0 aliphatic carbocycles. The third-order valence-corrected chi connectivity index (χ3v) is 6.38. The third kappa shape index (κ3) is 4.83. The summed E-state index contributed by atoms with van der Waals surface area (Å²) >= 11 is 1.74. The molecule has 8 heteroatoms. The van der Waals surface area contributed by atoms with E-state index in [9.17, 15) is 0 Å². The number of nitrogens with one attached hydrogen (secondary N) is 2. The van der Waals surface area contributed by atoms with Crippen LogP contribution in [0.15, 0.2) is 30.3 Å². The molecule has 1 fully saturated rings. The zero-order valence-electron chi connectivity index (χ0n) is 17.9. The molecule has 0 saturated carbocycles. The Labute approximate surface area is 182 Å². The van der Waals surface area contributed by atoms with E-state index in [1.165, 1.54) is 16.1 Å². The van der Waals surface area contributed by atoms with Crippen LogP contribution in [0.4, 0.5) is 17.5 Å². The van der Waals surface area contributed by atoms with Gasteiger partial charge >= 0.3 is 0 Å². The number of fused-ring (bicyclic) bond motifs is 1. The van der Waals surface area contributed by atoms with Gasteiger partial charge in [-0.2, -0.15) is 4.98 Å². The Morgan fingerprint density at radius 2 is 1.90 bits per heavy atom. The minimum absolute atomic E-state index is 0.643. The first-order chi connectivity index (χ1) is 14.6. The van der Waals surface area contributed by atoms with Crippen LogP contribution >= 0.6 is 11.3 Å². The summed E-state index contributed by atoms with van der Waals surface area (Å²) in [4.78, 5) is 15.1. The van der Waals surface area contributed by atoms with Gasteiger partial charge in [0, 0.05) is 37.2 Å².